The van der Waals surface area contributed by atoms with Crippen LogP contribution in [0.1, 0.15) is 110 Å². The third-order valence-electron chi connectivity index (χ3n) is 26.9. The highest BCUT2D eigenvalue weighted by Gasteiger charge is 2.41. The molecule has 0 saturated carbocycles. The van der Waals surface area contributed by atoms with E-state index in [2.05, 4.69) is 214 Å². The first-order valence-electron chi connectivity index (χ1n) is 47.2. The molecule has 4 aliphatic heterocycles. The van der Waals surface area contributed by atoms with Crippen molar-refractivity contribution in [1.29, 1.82) is 0 Å². The molecule has 4 aliphatic carbocycles. The van der Waals surface area contributed by atoms with Gasteiger partial charge in [0, 0.05) is 154 Å². The second kappa shape index (κ2) is 43.4. The van der Waals surface area contributed by atoms with Crippen LogP contribution in [0.3, 0.4) is 0 Å². The van der Waals surface area contributed by atoms with Gasteiger partial charge in [-0.3, -0.25) is 38.8 Å². The Bertz CT molecular complexity index is 6060. The summed E-state index contributed by atoms with van der Waals surface area (Å²) in [5.74, 6) is -1.32. The maximum absolute atomic E-state index is 14.6. The van der Waals surface area contributed by atoms with E-state index in [9.17, 15) is 36.7 Å². The molecule has 12 aromatic rings. The lowest BCUT2D eigenvalue weighted by Crippen LogP contribution is -2.49. The van der Waals surface area contributed by atoms with Crippen molar-refractivity contribution in [1.82, 2.24) is 58.8 Å². The molecule has 0 aromatic heterocycles. The minimum atomic E-state index is -0.508. The molecule has 704 valence electrons. The molecule has 12 aromatic carbocycles. The Kier molecular flexibility index (Phi) is 30.3. The van der Waals surface area contributed by atoms with Gasteiger partial charge in [-0.2, -0.15) is 0 Å². The van der Waals surface area contributed by atoms with E-state index in [1.807, 2.05) is 90.7 Å². The molecular formula is C112H120F4N12O8. The Labute approximate surface area is 796 Å². The van der Waals surface area contributed by atoms with Gasteiger partial charge in [-0.15, -0.1) is 0 Å². The second-order valence-electron chi connectivity index (χ2n) is 36.8. The Morgan fingerprint density at radius 3 is 0.868 bits per heavy atom. The van der Waals surface area contributed by atoms with Crippen molar-refractivity contribution in [3.05, 3.63) is 357 Å². The van der Waals surface area contributed by atoms with Crippen LogP contribution in [0.4, 0.5) is 17.6 Å². The molecule has 0 radical (unpaired) electrons. The van der Waals surface area contributed by atoms with E-state index in [0.29, 0.717) is 120 Å². The van der Waals surface area contributed by atoms with Crippen LogP contribution in [0.25, 0.3) is 44.5 Å². The molecule has 4 fully saturated rings. The van der Waals surface area contributed by atoms with Gasteiger partial charge < -0.3 is 58.1 Å². The van der Waals surface area contributed by atoms with Crippen molar-refractivity contribution in [3.8, 4) is 67.5 Å². The predicted molar refractivity (Wildman–Crippen MR) is 527 cm³/mol. The number of piperazine rings is 4. The molecular weight excluding hydrogens is 1720 g/mol. The summed E-state index contributed by atoms with van der Waals surface area (Å²) in [5.41, 5.74) is 22.2. The predicted octanol–water partition coefficient (Wildman–Crippen LogP) is 17.2. The number of likely N-dealkylation sites (N-methyl/N-ethyl adjacent to an activating group) is 4. The number of nitrogens with zero attached hydrogens (tertiary/aromatic N) is 12. The van der Waals surface area contributed by atoms with Gasteiger partial charge in [-0.1, -0.05) is 194 Å². The monoisotopic (exact) mass is 1840 g/mol. The van der Waals surface area contributed by atoms with Crippen LogP contribution < -0.4 is 18.9 Å². The summed E-state index contributed by atoms with van der Waals surface area (Å²) in [6, 6.07) is 87.1. The van der Waals surface area contributed by atoms with E-state index < -0.39 is 23.3 Å². The van der Waals surface area contributed by atoms with Crippen LogP contribution in [0.5, 0.6) is 23.0 Å². The fourth-order valence-electron chi connectivity index (χ4n) is 19.9. The number of benzene rings is 12. The van der Waals surface area contributed by atoms with Gasteiger partial charge in [0.15, 0.2) is 23.1 Å². The smallest absolute Gasteiger partial charge is 0.257 e. The van der Waals surface area contributed by atoms with Crippen molar-refractivity contribution in [2.75, 3.05) is 214 Å². The third kappa shape index (κ3) is 21.3. The van der Waals surface area contributed by atoms with Crippen LogP contribution in [0.15, 0.2) is 267 Å². The summed E-state index contributed by atoms with van der Waals surface area (Å²) in [7, 11) is 15.6. The van der Waals surface area contributed by atoms with Crippen molar-refractivity contribution in [2.24, 2.45) is 0 Å². The Morgan fingerprint density at radius 2 is 0.537 bits per heavy atom. The van der Waals surface area contributed by atoms with Gasteiger partial charge in [0.2, 0.25) is 0 Å². The molecule has 4 amide bonds. The number of amides is 4. The number of rotatable bonds is 24. The fourth-order valence-corrected chi connectivity index (χ4v) is 19.9. The summed E-state index contributed by atoms with van der Waals surface area (Å²) < 4.78 is 80.0. The van der Waals surface area contributed by atoms with Gasteiger partial charge in [0.25, 0.3) is 23.6 Å². The largest absolute Gasteiger partial charge is 0.492 e. The molecule has 8 aliphatic rings. The molecule has 24 heteroatoms. The Balaban J connectivity index is 0.000000126. The summed E-state index contributed by atoms with van der Waals surface area (Å²) >= 11 is 0. The lowest BCUT2D eigenvalue weighted by Gasteiger charge is -2.38. The van der Waals surface area contributed by atoms with Crippen LogP contribution in [0, 0.1) is 23.3 Å². The summed E-state index contributed by atoms with van der Waals surface area (Å²) in [6.45, 7) is 15.4. The molecule has 136 heavy (non-hydrogen) atoms. The minimum Gasteiger partial charge on any atom is -0.492 e. The van der Waals surface area contributed by atoms with E-state index in [1.165, 1.54) is 131 Å². The highest BCUT2D eigenvalue weighted by atomic mass is 19.1. The molecule has 0 atom stereocenters. The van der Waals surface area contributed by atoms with Crippen molar-refractivity contribution in [2.45, 2.75) is 24.2 Å². The number of carbonyl (C=O) groups is 4. The lowest BCUT2D eigenvalue weighted by molar-refractivity contribution is 0.0590. The normalized spacial score (nSPS) is 15.9. The van der Waals surface area contributed by atoms with E-state index in [-0.39, 0.29) is 64.9 Å². The SMILES string of the molecule is CN(C)CCOc1cc(C(=O)N2CCN(C3c4ccccc4-c4ccccc43)CC2)ccc1F.CN(C)CCOc1cc(F)cc(C(=O)N2CCN(C3c4ccccc4-c4ccccc43)CC2)c1.CN(C)CCOc1ccc(C(=O)N2CCN(C3c4ccccc4-c4ccccc43)CC2)cc1F.CN(C)CCOc1ccc(F)c(C(=O)N2CCN(C3c4ccccc4-c4ccccc43)CC2)c1. The number of ether oxygens (including phenoxy) is 4. The maximum Gasteiger partial charge on any atom is 0.257 e. The van der Waals surface area contributed by atoms with Gasteiger partial charge in [-0.05, 0) is 212 Å². The van der Waals surface area contributed by atoms with Crippen molar-refractivity contribution in [3.63, 3.8) is 0 Å². The fraction of sp³-hybridized carbons (Fsp3) is 0.321. The number of hydrogen-bond donors (Lipinski definition) is 0. The van der Waals surface area contributed by atoms with Crippen LogP contribution in [-0.4, -0.2) is 296 Å². The Morgan fingerprint density at radius 1 is 0.257 bits per heavy atom. The van der Waals surface area contributed by atoms with E-state index in [1.54, 1.807) is 35.2 Å². The zero-order valence-electron chi connectivity index (χ0n) is 78.8. The molecule has 0 bridgehead atoms. The summed E-state index contributed by atoms with van der Waals surface area (Å²) in [6.07, 6.45) is 0. The first kappa shape index (κ1) is 94.9. The topological polar surface area (TPSA) is 144 Å². The Hall–Kier alpha value is -12.9. The number of fused-ring (bicyclic) bond motifs is 12. The number of hydrogen-bond acceptors (Lipinski definition) is 16. The van der Waals surface area contributed by atoms with Gasteiger partial charge in [0.05, 0.1) is 29.7 Å². The molecule has 0 spiro atoms. The first-order chi connectivity index (χ1) is 66.1. The average Bonchev–Trinajstić information content (AvgIpc) is 1.61. The average molecular weight is 1840 g/mol. The van der Waals surface area contributed by atoms with Gasteiger partial charge in [-0.25, -0.2) is 17.6 Å². The molecule has 0 unspecified atom stereocenters. The van der Waals surface area contributed by atoms with Gasteiger partial charge >= 0.3 is 0 Å². The van der Waals surface area contributed by atoms with Crippen molar-refractivity contribution < 1.29 is 55.7 Å². The lowest BCUT2D eigenvalue weighted by atomic mass is 10.0. The maximum atomic E-state index is 14.6. The van der Waals surface area contributed by atoms with Crippen LogP contribution in [-0.2, 0) is 0 Å². The zero-order valence-corrected chi connectivity index (χ0v) is 78.8. The van der Waals surface area contributed by atoms with Crippen LogP contribution >= 0.6 is 0 Å². The minimum absolute atomic E-state index is 0.0763. The van der Waals surface area contributed by atoms with Gasteiger partial charge in [0.1, 0.15) is 49.6 Å². The molecule has 20 rings (SSSR count). The summed E-state index contributed by atoms with van der Waals surface area (Å²) in [4.78, 5) is 77.7. The standard InChI is InChI=1S/4C28H30FN3O2/c1-30(2)15-16-34-22-18-20(17-21(29)19-22)28(33)32-13-11-31(12-14-32)27-25-9-5-3-7-23(25)24-8-4-6-10-26(24)27;1-30(2)17-18-34-20-11-12-26(29)25(19-20)28(33)32-15-13-31(14-16-32)27-23-9-5-3-7-21(23)22-8-4-6-10-24(22)27;1-30(2)17-18-34-26-12-11-20(19-25(26)29)28(33)32-15-13-31(14-16-32)27-23-9-5-3-7-21(23)22-8-4-6-10-24(22)27;1-30(2)17-18-34-26-19-20(11-12-25(26)29)28(33)32-15-13-31(14-16-32)27-23-9-5-3-7-21(23)22-8-4-6-10-24(22)27/h3-10,17-19,27H,11-16H2,1-2H3;3*3-12,19,27H,13-18H2,1-2H3. The first-order valence-corrected chi connectivity index (χ1v) is 47.2. The summed E-state index contributed by atoms with van der Waals surface area (Å²) in [5, 5.41) is 0. The molecule has 0 N–H and O–H groups in total. The third-order valence-corrected chi connectivity index (χ3v) is 26.9. The van der Waals surface area contributed by atoms with E-state index in [0.717, 1.165) is 65.4 Å². The number of carbonyl (C=O) groups excluding carboxylic acids is 4. The van der Waals surface area contributed by atoms with Crippen LogP contribution in [0.2, 0.25) is 0 Å². The second-order valence-corrected chi connectivity index (χ2v) is 36.8. The highest BCUT2D eigenvalue weighted by molar-refractivity contribution is 5.97. The molecule has 4 saturated heterocycles. The zero-order chi connectivity index (χ0) is 94.6. The van der Waals surface area contributed by atoms with E-state index in [4.69, 9.17) is 18.9 Å². The molecule has 4 heterocycles. The molecule has 20 nitrogen and oxygen atoms in total. The van der Waals surface area contributed by atoms with Crippen molar-refractivity contribution >= 4 is 23.6 Å². The van der Waals surface area contributed by atoms with E-state index >= 15 is 0 Å². The highest BCUT2D eigenvalue weighted by Crippen LogP contribution is 2.51. The quantitative estimate of drug-likeness (QED) is 0.0529. The number of halogens is 4.